The van der Waals surface area contributed by atoms with Gasteiger partial charge in [0.2, 0.25) is 5.16 Å². The predicted octanol–water partition coefficient (Wildman–Crippen LogP) is 2.01. The molecule has 0 aliphatic heterocycles. The normalized spacial score (nSPS) is 13.5. The minimum Gasteiger partial charge on any atom is -0.391 e. The summed E-state index contributed by atoms with van der Waals surface area (Å²) in [5.41, 5.74) is 1.08. The van der Waals surface area contributed by atoms with Crippen molar-refractivity contribution >= 4 is 11.8 Å². The summed E-state index contributed by atoms with van der Waals surface area (Å²) in [5.74, 6) is 0.565. The Morgan fingerprint density at radius 2 is 1.96 bits per heavy atom. The number of aromatic nitrogens is 4. The van der Waals surface area contributed by atoms with Gasteiger partial charge in [0.05, 0.1) is 11.6 Å². The topological polar surface area (TPSA) is 67.1 Å². The minimum absolute atomic E-state index is 0.166. The van der Waals surface area contributed by atoms with Gasteiger partial charge in [-0.05, 0) is 43.8 Å². The lowest BCUT2D eigenvalue weighted by molar-refractivity contribution is 0.142. The predicted molar refractivity (Wildman–Crippen MR) is 92.3 cm³/mol. The lowest BCUT2D eigenvalue weighted by atomic mass is 10.1. The van der Waals surface area contributed by atoms with Crippen molar-refractivity contribution in [3.05, 3.63) is 35.9 Å². The molecule has 1 heterocycles. The standard InChI is InChI=1S/C16H25N5OS/c1-16(2,3)21-15(17-18-19-21)23-12-14(22)11-20(4)10-13-8-6-5-7-9-13/h5-9,14,22H,10-12H2,1-4H3. The molecular formula is C16H25N5OS. The first-order chi connectivity index (χ1) is 10.9. The van der Waals surface area contributed by atoms with Crippen molar-refractivity contribution in [1.82, 2.24) is 25.1 Å². The van der Waals surface area contributed by atoms with Gasteiger partial charge in [-0.25, -0.2) is 4.68 Å². The second-order valence-electron chi connectivity index (χ2n) is 6.69. The van der Waals surface area contributed by atoms with E-state index in [0.717, 1.165) is 11.7 Å². The van der Waals surface area contributed by atoms with Gasteiger partial charge in [0.25, 0.3) is 0 Å². The van der Waals surface area contributed by atoms with Gasteiger partial charge in [-0.15, -0.1) is 5.10 Å². The van der Waals surface area contributed by atoms with Crippen LogP contribution in [0.1, 0.15) is 26.3 Å². The minimum atomic E-state index is -0.432. The highest BCUT2D eigenvalue weighted by Gasteiger charge is 2.21. The summed E-state index contributed by atoms with van der Waals surface area (Å²) in [4.78, 5) is 2.12. The number of hydrogen-bond acceptors (Lipinski definition) is 6. The fraction of sp³-hybridized carbons (Fsp3) is 0.562. The number of benzene rings is 1. The van der Waals surface area contributed by atoms with Gasteiger partial charge < -0.3 is 5.11 Å². The number of hydrogen-bond donors (Lipinski definition) is 1. The quantitative estimate of drug-likeness (QED) is 0.781. The maximum atomic E-state index is 10.2. The third-order valence-corrected chi connectivity index (χ3v) is 4.36. The van der Waals surface area contributed by atoms with E-state index in [9.17, 15) is 5.11 Å². The second kappa shape index (κ2) is 7.90. The van der Waals surface area contributed by atoms with Crippen molar-refractivity contribution in [2.75, 3.05) is 19.3 Å². The average Bonchev–Trinajstić information content (AvgIpc) is 2.94. The van der Waals surface area contributed by atoms with Crippen molar-refractivity contribution in [3.8, 4) is 0 Å². The van der Waals surface area contributed by atoms with Crippen LogP contribution in [-0.4, -0.2) is 55.7 Å². The molecule has 0 aliphatic rings. The van der Waals surface area contributed by atoms with Gasteiger partial charge >= 0.3 is 0 Å². The van der Waals surface area contributed by atoms with Crippen LogP contribution < -0.4 is 0 Å². The highest BCUT2D eigenvalue weighted by molar-refractivity contribution is 7.99. The van der Waals surface area contributed by atoms with Crippen molar-refractivity contribution in [1.29, 1.82) is 0 Å². The number of tetrazole rings is 1. The molecule has 0 saturated heterocycles. The van der Waals surface area contributed by atoms with E-state index in [-0.39, 0.29) is 5.54 Å². The summed E-state index contributed by atoms with van der Waals surface area (Å²) < 4.78 is 1.79. The van der Waals surface area contributed by atoms with Crippen LogP contribution in [0.2, 0.25) is 0 Å². The van der Waals surface area contributed by atoms with Crippen LogP contribution in [0.3, 0.4) is 0 Å². The molecule has 0 aliphatic carbocycles. The van der Waals surface area contributed by atoms with Crippen molar-refractivity contribution in [3.63, 3.8) is 0 Å². The Balaban J connectivity index is 1.81. The van der Waals surface area contributed by atoms with Crippen LogP contribution in [-0.2, 0) is 12.1 Å². The molecule has 7 heteroatoms. The number of nitrogens with zero attached hydrogens (tertiary/aromatic N) is 5. The van der Waals surface area contributed by atoms with Gasteiger partial charge in [0, 0.05) is 18.8 Å². The molecule has 1 aromatic carbocycles. The summed E-state index contributed by atoms with van der Waals surface area (Å²) in [7, 11) is 2.01. The Bertz CT molecular complexity index is 596. The van der Waals surface area contributed by atoms with E-state index >= 15 is 0 Å². The molecule has 1 atom stereocenters. The van der Waals surface area contributed by atoms with Crippen molar-refractivity contribution in [2.24, 2.45) is 0 Å². The van der Waals surface area contributed by atoms with Crippen LogP contribution >= 0.6 is 11.8 Å². The molecular weight excluding hydrogens is 310 g/mol. The van der Waals surface area contributed by atoms with Gasteiger partial charge in [-0.2, -0.15) is 0 Å². The zero-order valence-corrected chi connectivity index (χ0v) is 15.0. The van der Waals surface area contributed by atoms with Gasteiger partial charge in [0.15, 0.2) is 0 Å². The fourth-order valence-electron chi connectivity index (χ4n) is 2.23. The Morgan fingerprint density at radius 3 is 2.61 bits per heavy atom. The lowest BCUT2D eigenvalue weighted by Gasteiger charge is -2.22. The third-order valence-electron chi connectivity index (χ3n) is 3.30. The van der Waals surface area contributed by atoms with E-state index in [4.69, 9.17) is 0 Å². The highest BCUT2D eigenvalue weighted by atomic mass is 32.2. The maximum Gasteiger partial charge on any atom is 0.209 e. The molecule has 0 amide bonds. The molecule has 1 unspecified atom stereocenters. The fourth-order valence-corrected chi connectivity index (χ4v) is 3.21. The maximum absolute atomic E-state index is 10.2. The Labute approximate surface area is 141 Å². The van der Waals surface area contributed by atoms with E-state index in [0.29, 0.717) is 12.3 Å². The summed E-state index contributed by atoms with van der Waals surface area (Å²) in [6.45, 7) is 7.59. The SMILES string of the molecule is CN(Cc1ccccc1)CC(O)CSc1nnnn1C(C)(C)C. The van der Waals surface area contributed by atoms with E-state index in [1.807, 2.05) is 25.2 Å². The Morgan fingerprint density at radius 1 is 1.26 bits per heavy atom. The van der Waals surface area contributed by atoms with Gasteiger partial charge in [-0.1, -0.05) is 42.1 Å². The Kier molecular flexibility index (Phi) is 6.15. The number of likely N-dealkylation sites (N-methyl/N-ethyl adjacent to an activating group) is 1. The summed E-state index contributed by atoms with van der Waals surface area (Å²) in [5, 5.41) is 22.8. The first-order valence-corrected chi connectivity index (χ1v) is 8.67. The number of aliphatic hydroxyl groups is 1. The first kappa shape index (κ1) is 17.9. The van der Waals surface area contributed by atoms with Crippen LogP contribution in [0.4, 0.5) is 0 Å². The van der Waals surface area contributed by atoms with Crippen LogP contribution in [0.25, 0.3) is 0 Å². The van der Waals surface area contributed by atoms with E-state index in [1.165, 1.54) is 17.3 Å². The van der Waals surface area contributed by atoms with Crippen LogP contribution in [0.5, 0.6) is 0 Å². The molecule has 1 N–H and O–H groups in total. The van der Waals surface area contributed by atoms with Crippen LogP contribution in [0.15, 0.2) is 35.5 Å². The molecule has 126 valence electrons. The van der Waals surface area contributed by atoms with E-state index < -0.39 is 6.10 Å². The molecule has 0 bridgehead atoms. The first-order valence-electron chi connectivity index (χ1n) is 7.68. The number of aliphatic hydroxyl groups excluding tert-OH is 1. The number of rotatable bonds is 7. The Hall–Kier alpha value is -1.44. The largest absolute Gasteiger partial charge is 0.391 e. The molecule has 0 fully saturated rings. The van der Waals surface area contributed by atoms with E-state index in [2.05, 4.69) is 53.3 Å². The summed E-state index contributed by atoms with van der Waals surface area (Å²) in [6, 6.07) is 10.3. The molecule has 2 rings (SSSR count). The molecule has 1 aromatic heterocycles. The third kappa shape index (κ3) is 5.60. The molecule has 23 heavy (non-hydrogen) atoms. The monoisotopic (exact) mass is 335 g/mol. The molecule has 2 aromatic rings. The highest BCUT2D eigenvalue weighted by Crippen LogP contribution is 2.22. The zero-order chi connectivity index (χ0) is 16.9. The van der Waals surface area contributed by atoms with Gasteiger partial charge in [0.1, 0.15) is 0 Å². The van der Waals surface area contributed by atoms with E-state index in [1.54, 1.807) is 4.68 Å². The number of thioether (sulfide) groups is 1. The molecule has 0 radical (unpaired) electrons. The van der Waals surface area contributed by atoms with Crippen LogP contribution in [0, 0.1) is 0 Å². The smallest absolute Gasteiger partial charge is 0.209 e. The van der Waals surface area contributed by atoms with Crippen molar-refractivity contribution in [2.45, 2.75) is 44.1 Å². The molecule has 0 spiro atoms. The lowest BCUT2D eigenvalue weighted by Crippen LogP contribution is -2.30. The van der Waals surface area contributed by atoms with Crippen molar-refractivity contribution < 1.29 is 5.11 Å². The average molecular weight is 335 g/mol. The van der Waals surface area contributed by atoms with Gasteiger partial charge in [-0.3, -0.25) is 4.90 Å². The molecule has 6 nitrogen and oxygen atoms in total. The second-order valence-corrected chi connectivity index (χ2v) is 7.68. The molecule has 0 saturated carbocycles. The zero-order valence-electron chi connectivity index (χ0n) is 14.2. The summed E-state index contributed by atoms with van der Waals surface area (Å²) in [6.07, 6.45) is -0.432. The summed E-state index contributed by atoms with van der Waals surface area (Å²) >= 11 is 1.49.